The Morgan fingerprint density at radius 2 is 0.902 bits per heavy atom. The van der Waals surface area contributed by atoms with Gasteiger partial charge in [-0.25, -0.2) is 0 Å². The van der Waals surface area contributed by atoms with E-state index in [9.17, 15) is 14.3 Å². The van der Waals surface area contributed by atoms with Crippen LogP contribution in [0.15, 0.2) is 36.5 Å². The molecule has 0 rings (SSSR count). The summed E-state index contributed by atoms with van der Waals surface area (Å²) >= 11 is 0. The highest BCUT2D eigenvalue weighted by molar-refractivity contribution is 7.45. The van der Waals surface area contributed by atoms with Crippen LogP contribution >= 0.6 is 7.82 Å². The number of rotatable bonds is 48. The lowest BCUT2D eigenvalue weighted by Crippen LogP contribution is -2.37. The van der Waals surface area contributed by atoms with Crippen LogP contribution < -0.4 is 4.89 Å². The summed E-state index contributed by atoms with van der Waals surface area (Å²) in [6.07, 6.45) is 54.5. The molecule has 0 N–H and O–H groups in total. The van der Waals surface area contributed by atoms with Crippen molar-refractivity contribution in [3.8, 4) is 0 Å². The summed E-state index contributed by atoms with van der Waals surface area (Å²) in [5.41, 5.74) is 0. The van der Waals surface area contributed by atoms with Crippen LogP contribution in [0.2, 0.25) is 0 Å². The van der Waals surface area contributed by atoms with Crippen molar-refractivity contribution in [2.24, 2.45) is 0 Å². The molecule has 360 valence electrons. The van der Waals surface area contributed by atoms with Gasteiger partial charge in [0.1, 0.15) is 19.3 Å². The lowest BCUT2D eigenvalue weighted by molar-refractivity contribution is -0.870. The van der Waals surface area contributed by atoms with E-state index in [1.807, 2.05) is 21.1 Å². The molecule has 0 aromatic rings. The van der Waals surface area contributed by atoms with E-state index in [1.54, 1.807) is 0 Å². The first-order valence-electron chi connectivity index (χ1n) is 25.7. The Balaban J connectivity index is 4.15. The number of allylic oxidation sites excluding steroid dienone is 6. The van der Waals surface area contributed by atoms with E-state index in [0.717, 1.165) is 51.4 Å². The molecule has 0 amide bonds. The van der Waals surface area contributed by atoms with Crippen LogP contribution in [0.1, 0.15) is 232 Å². The number of phosphoric ester groups is 1. The second-order valence-electron chi connectivity index (χ2n) is 18.5. The van der Waals surface area contributed by atoms with Crippen LogP contribution in [-0.4, -0.2) is 70.7 Å². The van der Waals surface area contributed by atoms with Gasteiger partial charge < -0.3 is 27.9 Å². The molecule has 0 saturated heterocycles. The minimum absolute atomic E-state index is 0.0251. The predicted octanol–water partition coefficient (Wildman–Crippen LogP) is 15.1. The van der Waals surface area contributed by atoms with Crippen LogP contribution in [0.4, 0.5) is 0 Å². The van der Waals surface area contributed by atoms with Crippen LogP contribution in [0.25, 0.3) is 0 Å². The van der Waals surface area contributed by atoms with Gasteiger partial charge in [0.05, 0.1) is 34.4 Å². The highest BCUT2D eigenvalue weighted by Crippen LogP contribution is 2.38. The van der Waals surface area contributed by atoms with E-state index in [4.69, 9.17) is 18.5 Å². The molecule has 0 aromatic carbocycles. The van der Waals surface area contributed by atoms with E-state index < -0.39 is 13.9 Å². The number of likely N-dealkylation sites (N-methyl/N-ethyl adjacent to an activating group) is 1. The smallest absolute Gasteiger partial charge is 0.306 e. The fourth-order valence-electron chi connectivity index (χ4n) is 7.20. The van der Waals surface area contributed by atoms with Gasteiger partial charge in [-0.05, 0) is 51.4 Å². The third kappa shape index (κ3) is 49.6. The molecule has 0 fully saturated rings. The molecular formula is C52H100NO7P. The van der Waals surface area contributed by atoms with Crippen LogP contribution in [0, 0.1) is 0 Å². The number of hydrogen-bond donors (Lipinski definition) is 0. The Labute approximate surface area is 378 Å². The van der Waals surface area contributed by atoms with Crippen molar-refractivity contribution in [1.29, 1.82) is 0 Å². The third-order valence-corrected chi connectivity index (χ3v) is 12.2. The number of carbonyl (C=O) groups is 1. The van der Waals surface area contributed by atoms with E-state index in [2.05, 4.69) is 50.3 Å². The first-order chi connectivity index (χ1) is 29.6. The molecule has 2 atom stereocenters. The second kappa shape index (κ2) is 45.3. The van der Waals surface area contributed by atoms with Crippen LogP contribution in [0.3, 0.4) is 0 Å². The molecule has 0 bridgehead atoms. The summed E-state index contributed by atoms with van der Waals surface area (Å²) in [4.78, 5) is 25.2. The van der Waals surface area contributed by atoms with Gasteiger partial charge in [0, 0.05) is 13.0 Å². The molecule has 0 saturated carbocycles. The monoisotopic (exact) mass is 882 g/mol. The average Bonchev–Trinajstić information content (AvgIpc) is 3.22. The van der Waals surface area contributed by atoms with Crippen molar-refractivity contribution in [3.63, 3.8) is 0 Å². The molecule has 0 spiro atoms. The number of phosphoric acid groups is 1. The maximum atomic E-state index is 12.7. The Morgan fingerprint density at radius 1 is 0.508 bits per heavy atom. The third-order valence-electron chi connectivity index (χ3n) is 11.2. The normalized spacial score (nSPS) is 13.9. The van der Waals surface area contributed by atoms with Gasteiger partial charge in [0.25, 0.3) is 7.82 Å². The number of hydrogen-bond acceptors (Lipinski definition) is 7. The van der Waals surface area contributed by atoms with Gasteiger partial charge in [0.15, 0.2) is 0 Å². The minimum Gasteiger partial charge on any atom is -0.756 e. The maximum Gasteiger partial charge on any atom is 0.306 e. The molecule has 61 heavy (non-hydrogen) atoms. The quantitative estimate of drug-likeness (QED) is 0.0197. The van der Waals surface area contributed by atoms with Crippen LogP contribution in [-0.2, 0) is 27.9 Å². The lowest BCUT2D eigenvalue weighted by atomic mass is 10.0. The van der Waals surface area contributed by atoms with E-state index >= 15 is 0 Å². The summed E-state index contributed by atoms with van der Waals surface area (Å²) in [5.74, 6) is -0.334. The van der Waals surface area contributed by atoms with Gasteiger partial charge in [-0.1, -0.05) is 211 Å². The summed E-state index contributed by atoms with van der Waals surface area (Å²) in [6.45, 7) is 5.40. The molecule has 8 nitrogen and oxygen atoms in total. The Hall–Kier alpha value is -1.28. The van der Waals surface area contributed by atoms with E-state index in [-0.39, 0.29) is 25.8 Å². The number of quaternary nitrogens is 1. The van der Waals surface area contributed by atoms with Gasteiger partial charge in [-0.3, -0.25) is 9.36 Å². The Morgan fingerprint density at radius 3 is 1.38 bits per heavy atom. The zero-order chi connectivity index (χ0) is 44.8. The fourth-order valence-corrected chi connectivity index (χ4v) is 7.93. The largest absolute Gasteiger partial charge is 0.756 e. The predicted molar refractivity (Wildman–Crippen MR) is 259 cm³/mol. The number of nitrogens with zero attached hydrogens (tertiary/aromatic N) is 1. The van der Waals surface area contributed by atoms with Gasteiger partial charge in [-0.2, -0.15) is 0 Å². The second-order valence-corrected chi connectivity index (χ2v) is 19.9. The summed E-state index contributed by atoms with van der Waals surface area (Å²) in [5, 5.41) is 0. The Bertz CT molecular complexity index is 1070. The standard InChI is InChI=1S/C52H100NO7P/c1-6-8-10-12-14-16-18-20-22-24-26-28-30-32-34-36-38-40-42-44-47-57-49-51(50-59-61(55,56)58-48-46-53(3,4)5)60-52(54)45-43-41-39-37-35-33-31-29-27-25-23-21-19-17-15-13-11-9-7-2/h14,16,20,22,26,28,51H,6-13,15,17-19,21,23-25,27,29-50H2,1-5H3/b16-14-,22-20-,28-26-. The average molecular weight is 882 g/mol. The van der Waals surface area contributed by atoms with Crippen molar-refractivity contribution in [2.75, 3.05) is 54.1 Å². The van der Waals surface area contributed by atoms with E-state index in [0.29, 0.717) is 24.1 Å². The Kier molecular flexibility index (Phi) is 44.3. The van der Waals surface area contributed by atoms with Gasteiger partial charge >= 0.3 is 5.97 Å². The molecule has 0 aliphatic heterocycles. The molecule has 0 aromatic heterocycles. The number of ether oxygens (including phenoxy) is 2. The first-order valence-corrected chi connectivity index (χ1v) is 27.2. The van der Waals surface area contributed by atoms with Gasteiger partial charge in [-0.15, -0.1) is 0 Å². The maximum absolute atomic E-state index is 12.7. The summed E-state index contributed by atoms with van der Waals surface area (Å²) in [6, 6.07) is 0. The van der Waals surface area contributed by atoms with Gasteiger partial charge in [0.2, 0.25) is 0 Å². The minimum atomic E-state index is -4.53. The molecule has 0 heterocycles. The van der Waals surface area contributed by atoms with Crippen LogP contribution in [0.5, 0.6) is 0 Å². The molecule has 0 radical (unpaired) electrons. The van der Waals surface area contributed by atoms with Crippen molar-refractivity contribution in [2.45, 2.75) is 238 Å². The molecule has 0 aliphatic rings. The highest BCUT2D eigenvalue weighted by Gasteiger charge is 2.20. The number of carbonyl (C=O) groups excluding carboxylic acids is 1. The fraction of sp³-hybridized carbons (Fsp3) is 0.865. The van der Waals surface area contributed by atoms with Crippen molar-refractivity contribution in [1.82, 2.24) is 0 Å². The molecule has 2 unspecified atom stereocenters. The zero-order valence-electron chi connectivity index (χ0n) is 40.9. The number of esters is 1. The zero-order valence-corrected chi connectivity index (χ0v) is 41.8. The highest BCUT2D eigenvalue weighted by atomic mass is 31.2. The van der Waals surface area contributed by atoms with Crippen molar-refractivity contribution in [3.05, 3.63) is 36.5 Å². The molecule has 9 heteroatoms. The number of unbranched alkanes of at least 4 members (excludes halogenated alkanes) is 28. The molecular weight excluding hydrogens is 782 g/mol. The summed E-state index contributed by atoms with van der Waals surface area (Å²) < 4.78 is 34.7. The first kappa shape index (κ1) is 59.7. The van der Waals surface area contributed by atoms with Crippen molar-refractivity contribution >= 4 is 13.8 Å². The summed E-state index contributed by atoms with van der Waals surface area (Å²) in [7, 11) is 1.36. The molecule has 0 aliphatic carbocycles. The van der Waals surface area contributed by atoms with E-state index in [1.165, 1.54) is 161 Å². The lowest BCUT2D eigenvalue weighted by Gasteiger charge is -2.28. The van der Waals surface area contributed by atoms with Crippen molar-refractivity contribution < 1.29 is 37.3 Å². The topological polar surface area (TPSA) is 94.1 Å². The SMILES string of the molecule is CCCCC/C=C\C/C=C\C/C=C\CCCCCCCCCOCC(COP(=O)([O-])OCC[N+](C)(C)C)OC(=O)CCCCCCCCCCCCCCCCCCCCC.